The van der Waals surface area contributed by atoms with E-state index in [1.165, 1.54) is 17.8 Å². The van der Waals surface area contributed by atoms with Crippen LogP contribution in [-0.2, 0) is 9.59 Å². The average Bonchev–Trinajstić information content (AvgIpc) is 2.97. The average molecular weight is 607 g/mol. The van der Waals surface area contributed by atoms with Gasteiger partial charge in [0.15, 0.2) is 0 Å². The fraction of sp³-hybridized carbons (Fsp3) is 0.0645. The first-order chi connectivity index (χ1) is 19.8. The van der Waals surface area contributed by atoms with E-state index in [1.807, 2.05) is 6.07 Å². The number of carbonyl (C=O) groups excluding carboxylic acids is 3. The summed E-state index contributed by atoms with van der Waals surface area (Å²) in [5.41, 5.74) is 1.99. The highest BCUT2D eigenvalue weighted by molar-refractivity contribution is 8.00. The third-order valence-electron chi connectivity index (χ3n) is 5.61. The molecule has 3 N–H and O–H groups in total. The Balaban J connectivity index is 1.46. The van der Waals surface area contributed by atoms with Crippen LogP contribution in [0.5, 0.6) is 5.75 Å². The van der Waals surface area contributed by atoms with Gasteiger partial charge in [0.1, 0.15) is 11.4 Å². The van der Waals surface area contributed by atoms with E-state index in [0.29, 0.717) is 38.3 Å². The molecule has 10 heteroatoms. The summed E-state index contributed by atoms with van der Waals surface area (Å²) in [7, 11) is 1.56. The van der Waals surface area contributed by atoms with Gasteiger partial charge < -0.3 is 20.7 Å². The van der Waals surface area contributed by atoms with Crippen LogP contribution in [0.25, 0.3) is 6.08 Å². The summed E-state index contributed by atoms with van der Waals surface area (Å²) in [6.07, 6.45) is 1.48. The third kappa shape index (κ3) is 8.88. The summed E-state index contributed by atoms with van der Waals surface area (Å²) in [6, 6.07) is 27.5. The predicted molar refractivity (Wildman–Crippen MR) is 166 cm³/mol. The van der Waals surface area contributed by atoms with Gasteiger partial charge in [-0.15, -0.1) is 11.8 Å². The third-order valence-corrected chi connectivity index (χ3v) is 7.16. The van der Waals surface area contributed by atoms with Crippen molar-refractivity contribution in [3.8, 4) is 5.75 Å². The van der Waals surface area contributed by atoms with E-state index in [1.54, 1.807) is 98.1 Å². The number of hydrogen-bond donors (Lipinski definition) is 3. The quantitative estimate of drug-likeness (QED) is 0.132. The first-order valence-corrected chi connectivity index (χ1v) is 14.1. The molecule has 4 aromatic rings. The predicted octanol–water partition coefficient (Wildman–Crippen LogP) is 7.14. The van der Waals surface area contributed by atoms with E-state index < -0.39 is 11.8 Å². The Morgan fingerprint density at radius 1 is 0.829 bits per heavy atom. The summed E-state index contributed by atoms with van der Waals surface area (Å²) >= 11 is 13.7. The van der Waals surface area contributed by atoms with Crippen LogP contribution in [-0.4, -0.2) is 30.6 Å². The zero-order valence-electron chi connectivity index (χ0n) is 21.8. The van der Waals surface area contributed by atoms with Crippen molar-refractivity contribution in [2.24, 2.45) is 0 Å². The molecule has 0 aromatic heterocycles. The van der Waals surface area contributed by atoms with E-state index in [-0.39, 0.29) is 17.4 Å². The maximum absolute atomic E-state index is 13.4. The number of benzene rings is 4. The van der Waals surface area contributed by atoms with Gasteiger partial charge in [0.2, 0.25) is 5.91 Å². The Kier molecular flexibility index (Phi) is 10.5. The van der Waals surface area contributed by atoms with Gasteiger partial charge in [-0.1, -0.05) is 59.6 Å². The van der Waals surface area contributed by atoms with Gasteiger partial charge in [0, 0.05) is 37.9 Å². The van der Waals surface area contributed by atoms with Crippen molar-refractivity contribution >= 4 is 70.1 Å². The second-order valence-corrected chi connectivity index (χ2v) is 10.5. The van der Waals surface area contributed by atoms with Crippen molar-refractivity contribution in [3.63, 3.8) is 0 Å². The van der Waals surface area contributed by atoms with Crippen molar-refractivity contribution in [1.82, 2.24) is 5.32 Å². The van der Waals surface area contributed by atoms with E-state index in [4.69, 9.17) is 27.9 Å². The molecule has 0 aliphatic heterocycles. The second-order valence-electron chi connectivity index (χ2n) is 8.59. The SMILES string of the molecule is COc1cccc(NC(=O)CSc2cccc(NC(=O)/C(=C\c3ccc(Cl)cc3Cl)NC(=O)c3ccccc3)c2)c1. The molecule has 0 heterocycles. The van der Waals surface area contributed by atoms with Crippen LogP contribution in [0.15, 0.2) is 108 Å². The number of halogens is 2. The van der Waals surface area contributed by atoms with Crippen molar-refractivity contribution < 1.29 is 19.1 Å². The zero-order chi connectivity index (χ0) is 29.2. The number of nitrogens with one attached hydrogen (secondary N) is 3. The van der Waals surface area contributed by atoms with E-state index in [2.05, 4.69) is 16.0 Å². The number of rotatable bonds is 10. The highest BCUT2D eigenvalue weighted by Crippen LogP contribution is 2.25. The van der Waals surface area contributed by atoms with Crippen LogP contribution < -0.4 is 20.7 Å². The highest BCUT2D eigenvalue weighted by atomic mass is 35.5. The molecule has 208 valence electrons. The van der Waals surface area contributed by atoms with Gasteiger partial charge in [-0.25, -0.2) is 0 Å². The standard InChI is InChI=1S/C31H25Cl2N3O4S/c1-40-25-11-5-9-23(17-25)34-29(37)19-41-26-12-6-10-24(18-26)35-31(39)28(15-21-13-14-22(32)16-27(21)33)36-30(38)20-7-3-2-4-8-20/h2-18H,19H2,1H3,(H,34,37)(H,35,39)(H,36,38)/b28-15+. The number of carbonyl (C=O) groups is 3. The Hall–Kier alpha value is -4.24. The summed E-state index contributed by atoms with van der Waals surface area (Å²) in [5, 5.41) is 9.09. The Morgan fingerprint density at radius 3 is 2.29 bits per heavy atom. The molecule has 0 saturated heterocycles. The molecular formula is C31H25Cl2N3O4S. The first-order valence-electron chi connectivity index (χ1n) is 12.3. The monoisotopic (exact) mass is 605 g/mol. The number of amides is 3. The minimum atomic E-state index is -0.557. The maximum Gasteiger partial charge on any atom is 0.272 e. The Morgan fingerprint density at radius 2 is 1.56 bits per heavy atom. The topological polar surface area (TPSA) is 96.5 Å². The fourth-order valence-electron chi connectivity index (χ4n) is 3.63. The molecule has 0 aliphatic rings. The number of anilines is 2. The molecule has 0 saturated carbocycles. The largest absolute Gasteiger partial charge is 0.497 e. The van der Waals surface area contributed by atoms with Gasteiger partial charge in [-0.3, -0.25) is 14.4 Å². The van der Waals surface area contributed by atoms with Crippen LogP contribution in [0.1, 0.15) is 15.9 Å². The van der Waals surface area contributed by atoms with Gasteiger partial charge >= 0.3 is 0 Å². The summed E-state index contributed by atoms with van der Waals surface area (Å²) in [6.45, 7) is 0. The highest BCUT2D eigenvalue weighted by Gasteiger charge is 2.16. The maximum atomic E-state index is 13.4. The number of thioether (sulfide) groups is 1. The lowest BCUT2D eigenvalue weighted by Crippen LogP contribution is -2.30. The molecule has 0 aliphatic carbocycles. The lowest BCUT2D eigenvalue weighted by atomic mass is 10.1. The van der Waals surface area contributed by atoms with Crippen molar-refractivity contribution in [2.45, 2.75) is 4.90 Å². The van der Waals surface area contributed by atoms with Crippen LogP contribution >= 0.6 is 35.0 Å². The van der Waals surface area contributed by atoms with E-state index in [9.17, 15) is 14.4 Å². The molecule has 3 amide bonds. The molecule has 4 aromatic carbocycles. The van der Waals surface area contributed by atoms with Crippen LogP contribution in [0, 0.1) is 0 Å². The van der Waals surface area contributed by atoms with Gasteiger partial charge in [0.05, 0.1) is 12.9 Å². The summed E-state index contributed by atoms with van der Waals surface area (Å²) in [5.74, 6) is -0.402. The molecule has 0 radical (unpaired) electrons. The van der Waals surface area contributed by atoms with Gasteiger partial charge in [-0.05, 0) is 66.2 Å². The molecule has 0 unspecified atom stereocenters. The summed E-state index contributed by atoms with van der Waals surface area (Å²) in [4.78, 5) is 39.5. The van der Waals surface area contributed by atoms with E-state index >= 15 is 0 Å². The molecule has 0 fully saturated rings. The van der Waals surface area contributed by atoms with Crippen molar-refractivity contribution in [1.29, 1.82) is 0 Å². The second kappa shape index (κ2) is 14.4. The van der Waals surface area contributed by atoms with Crippen molar-refractivity contribution in [2.75, 3.05) is 23.5 Å². The van der Waals surface area contributed by atoms with E-state index in [0.717, 1.165) is 4.90 Å². The van der Waals surface area contributed by atoms with Gasteiger partial charge in [-0.2, -0.15) is 0 Å². The van der Waals surface area contributed by atoms with Crippen LogP contribution in [0.3, 0.4) is 0 Å². The Labute approximate surface area is 251 Å². The number of methoxy groups -OCH3 is 1. The van der Waals surface area contributed by atoms with Gasteiger partial charge in [0.25, 0.3) is 11.8 Å². The molecule has 0 bridgehead atoms. The lowest BCUT2D eigenvalue weighted by Gasteiger charge is -2.13. The first kappa shape index (κ1) is 29.7. The Bertz CT molecular complexity index is 1600. The number of ether oxygens (including phenoxy) is 1. The van der Waals surface area contributed by atoms with Crippen LogP contribution in [0.4, 0.5) is 11.4 Å². The smallest absolute Gasteiger partial charge is 0.272 e. The molecular weight excluding hydrogens is 581 g/mol. The minimum absolute atomic E-state index is 0.0150. The molecule has 41 heavy (non-hydrogen) atoms. The lowest BCUT2D eigenvalue weighted by molar-refractivity contribution is -0.114. The number of hydrogen-bond acceptors (Lipinski definition) is 5. The van der Waals surface area contributed by atoms with Crippen LogP contribution in [0.2, 0.25) is 10.0 Å². The van der Waals surface area contributed by atoms with Crippen molar-refractivity contribution in [3.05, 3.63) is 124 Å². The molecule has 0 atom stereocenters. The summed E-state index contributed by atoms with van der Waals surface area (Å²) < 4.78 is 5.18. The molecule has 0 spiro atoms. The zero-order valence-corrected chi connectivity index (χ0v) is 24.1. The molecule has 7 nitrogen and oxygen atoms in total. The molecule has 4 rings (SSSR count). The normalized spacial score (nSPS) is 11.0. The minimum Gasteiger partial charge on any atom is -0.497 e. The fourth-order valence-corrected chi connectivity index (χ4v) is 4.84.